The van der Waals surface area contributed by atoms with Gasteiger partial charge in [-0.3, -0.25) is 0 Å². The van der Waals surface area contributed by atoms with Crippen LogP contribution in [0.5, 0.6) is 0 Å². The first-order valence-corrected chi connectivity index (χ1v) is 12.5. The molecule has 1 fully saturated rings. The van der Waals surface area contributed by atoms with E-state index in [1.807, 2.05) is 0 Å². The molecule has 1 saturated heterocycles. The summed E-state index contributed by atoms with van der Waals surface area (Å²) in [5.41, 5.74) is 0. The number of aliphatic hydroxyl groups excluding tert-OH is 4. The van der Waals surface area contributed by atoms with E-state index in [1.54, 1.807) is 0 Å². The van der Waals surface area contributed by atoms with Crippen LogP contribution in [0.1, 0.15) is 110 Å². The molecule has 6 nitrogen and oxygen atoms in total. The van der Waals surface area contributed by atoms with Gasteiger partial charge in [-0.2, -0.15) is 0 Å². The van der Waals surface area contributed by atoms with Gasteiger partial charge in [0, 0.05) is 0 Å². The minimum Gasteiger partial charge on any atom is -0.394 e. The van der Waals surface area contributed by atoms with Gasteiger partial charge >= 0.3 is 0 Å². The van der Waals surface area contributed by atoms with Crippen LogP contribution in [-0.2, 0) is 9.47 Å². The molecule has 0 aromatic rings. The Kier molecular flexibility index (Phi) is 16.1. The fourth-order valence-corrected chi connectivity index (χ4v) is 4.13. The molecule has 1 rings (SSSR count). The Balaban J connectivity index is 2.41. The molecule has 0 aliphatic carbocycles. The highest BCUT2D eigenvalue weighted by Gasteiger charge is 2.44. The fraction of sp³-hybridized carbons (Fsp3) is 1.00. The number of hydrogen-bond donors (Lipinski definition) is 4. The maximum Gasteiger partial charge on any atom is 0.186 e. The van der Waals surface area contributed by atoms with Gasteiger partial charge < -0.3 is 29.9 Å². The van der Waals surface area contributed by atoms with Crippen LogP contribution < -0.4 is 0 Å². The van der Waals surface area contributed by atoms with Crippen molar-refractivity contribution in [2.24, 2.45) is 0 Å². The summed E-state index contributed by atoms with van der Waals surface area (Å²) < 4.78 is 11.6. The summed E-state index contributed by atoms with van der Waals surface area (Å²) in [6.45, 7) is 4.00. The minimum atomic E-state index is -1.38. The maximum atomic E-state index is 10.3. The molecule has 6 heteroatoms. The van der Waals surface area contributed by atoms with E-state index in [4.69, 9.17) is 9.47 Å². The molecule has 2 unspecified atom stereocenters. The topological polar surface area (TPSA) is 99.4 Å². The number of rotatable bonds is 18. The fourth-order valence-electron chi connectivity index (χ4n) is 4.13. The van der Waals surface area contributed by atoms with Crippen LogP contribution in [-0.4, -0.2) is 63.8 Å². The zero-order chi connectivity index (χ0) is 22.2. The molecule has 6 atom stereocenters. The van der Waals surface area contributed by atoms with Crippen LogP contribution in [0.3, 0.4) is 0 Å². The zero-order valence-corrected chi connectivity index (χ0v) is 19.4. The number of aliphatic hydroxyl groups is 4. The van der Waals surface area contributed by atoms with E-state index in [1.165, 1.54) is 64.2 Å². The van der Waals surface area contributed by atoms with E-state index in [0.29, 0.717) is 0 Å². The first kappa shape index (κ1) is 27.8. The standard InChI is InChI=1S/C24H48O6/c1-3-5-7-9-10-11-12-13-15-17-19(16-14-8-6-4-2)29-24-23(28)22(27)21(26)20(18-25)30-24/h19-28H,3-18H2,1-2H3/t19?,20-,21-,22+,23-,24?/m1/s1. The average molecular weight is 433 g/mol. The van der Waals surface area contributed by atoms with Crippen molar-refractivity contribution in [2.45, 2.75) is 147 Å². The summed E-state index contributed by atoms with van der Waals surface area (Å²) in [4.78, 5) is 0. The summed E-state index contributed by atoms with van der Waals surface area (Å²) in [5, 5.41) is 39.6. The Labute approximate surface area is 184 Å². The Bertz CT molecular complexity index is 392. The quantitative estimate of drug-likeness (QED) is 0.244. The molecule has 0 saturated carbocycles. The van der Waals surface area contributed by atoms with Gasteiger partial charge in [0.1, 0.15) is 24.4 Å². The van der Waals surface area contributed by atoms with Gasteiger partial charge in [-0.05, 0) is 12.8 Å². The first-order valence-electron chi connectivity index (χ1n) is 12.5. The number of unbranched alkanes of at least 4 members (excludes halogenated alkanes) is 11. The summed E-state index contributed by atoms with van der Waals surface area (Å²) in [5.74, 6) is 0. The van der Waals surface area contributed by atoms with E-state index in [9.17, 15) is 20.4 Å². The summed E-state index contributed by atoms with van der Waals surface area (Å²) in [7, 11) is 0. The molecule has 0 aromatic carbocycles. The lowest BCUT2D eigenvalue weighted by Gasteiger charge is -2.41. The first-order chi connectivity index (χ1) is 14.5. The normalized spacial score (nSPS) is 28.0. The molecule has 1 aliphatic rings. The molecule has 1 heterocycles. The molecule has 30 heavy (non-hydrogen) atoms. The van der Waals surface area contributed by atoms with Gasteiger partial charge in [0.05, 0.1) is 12.7 Å². The third kappa shape index (κ3) is 10.9. The van der Waals surface area contributed by atoms with Crippen LogP contribution in [0.4, 0.5) is 0 Å². The lowest BCUT2D eigenvalue weighted by atomic mass is 9.98. The largest absolute Gasteiger partial charge is 0.394 e. The second-order valence-corrected chi connectivity index (χ2v) is 8.92. The Morgan fingerprint density at radius 1 is 0.667 bits per heavy atom. The Hall–Kier alpha value is -0.240. The molecule has 0 spiro atoms. The van der Waals surface area contributed by atoms with Gasteiger partial charge in [0.2, 0.25) is 0 Å². The summed E-state index contributed by atoms with van der Waals surface area (Å²) in [6, 6.07) is 0. The van der Waals surface area contributed by atoms with Crippen molar-refractivity contribution >= 4 is 0 Å². The lowest BCUT2D eigenvalue weighted by Crippen LogP contribution is -2.59. The highest BCUT2D eigenvalue weighted by atomic mass is 16.7. The van der Waals surface area contributed by atoms with E-state index < -0.39 is 37.3 Å². The predicted molar refractivity (Wildman–Crippen MR) is 119 cm³/mol. The predicted octanol–water partition coefficient (Wildman–Crippen LogP) is 4.06. The molecule has 1 aliphatic heterocycles. The third-order valence-corrected chi connectivity index (χ3v) is 6.18. The zero-order valence-electron chi connectivity index (χ0n) is 19.4. The second-order valence-electron chi connectivity index (χ2n) is 8.92. The van der Waals surface area contributed by atoms with Crippen LogP contribution in [0.15, 0.2) is 0 Å². The van der Waals surface area contributed by atoms with E-state index in [-0.39, 0.29) is 6.10 Å². The van der Waals surface area contributed by atoms with Crippen molar-refractivity contribution in [3.8, 4) is 0 Å². The SMILES string of the molecule is CCCCCCCCCCCC(CCCCCC)OC1O[C@H](CO)[C@@H](O)[C@H](O)[C@H]1O. The van der Waals surface area contributed by atoms with Crippen molar-refractivity contribution < 1.29 is 29.9 Å². The van der Waals surface area contributed by atoms with Gasteiger partial charge in [-0.25, -0.2) is 0 Å². The number of ether oxygens (including phenoxy) is 2. The van der Waals surface area contributed by atoms with Gasteiger partial charge in [0.25, 0.3) is 0 Å². The second kappa shape index (κ2) is 17.3. The van der Waals surface area contributed by atoms with Crippen molar-refractivity contribution in [2.75, 3.05) is 6.61 Å². The third-order valence-electron chi connectivity index (χ3n) is 6.18. The smallest absolute Gasteiger partial charge is 0.186 e. The Morgan fingerprint density at radius 2 is 1.13 bits per heavy atom. The van der Waals surface area contributed by atoms with Crippen molar-refractivity contribution in [1.82, 2.24) is 0 Å². The number of hydrogen-bond acceptors (Lipinski definition) is 6. The molecule has 0 radical (unpaired) electrons. The summed E-state index contributed by atoms with van der Waals surface area (Å²) in [6.07, 6.45) is 11.8. The van der Waals surface area contributed by atoms with Crippen molar-refractivity contribution in [3.63, 3.8) is 0 Å². The van der Waals surface area contributed by atoms with E-state index in [0.717, 1.165) is 32.1 Å². The molecular weight excluding hydrogens is 384 g/mol. The van der Waals surface area contributed by atoms with Crippen LogP contribution >= 0.6 is 0 Å². The van der Waals surface area contributed by atoms with Crippen molar-refractivity contribution in [1.29, 1.82) is 0 Å². The van der Waals surface area contributed by atoms with Crippen LogP contribution in [0, 0.1) is 0 Å². The van der Waals surface area contributed by atoms with Gasteiger partial charge in [-0.15, -0.1) is 0 Å². The van der Waals surface area contributed by atoms with Gasteiger partial charge in [0.15, 0.2) is 6.29 Å². The molecular formula is C24H48O6. The highest BCUT2D eigenvalue weighted by molar-refractivity contribution is 4.89. The molecule has 0 aromatic heterocycles. The Morgan fingerprint density at radius 3 is 1.63 bits per heavy atom. The highest BCUT2D eigenvalue weighted by Crippen LogP contribution is 2.26. The maximum absolute atomic E-state index is 10.3. The minimum absolute atomic E-state index is 0.0483. The molecule has 0 amide bonds. The van der Waals surface area contributed by atoms with E-state index >= 15 is 0 Å². The van der Waals surface area contributed by atoms with E-state index in [2.05, 4.69) is 13.8 Å². The lowest BCUT2D eigenvalue weighted by molar-refractivity contribution is -0.312. The molecule has 4 N–H and O–H groups in total. The monoisotopic (exact) mass is 432 g/mol. The molecule has 180 valence electrons. The van der Waals surface area contributed by atoms with Crippen LogP contribution in [0.25, 0.3) is 0 Å². The van der Waals surface area contributed by atoms with Crippen molar-refractivity contribution in [3.05, 3.63) is 0 Å². The molecule has 0 bridgehead atoms. The average Bonchev–Trinajstić information content (AvgIpc) is 2.75. The summed E-state index contributed by atoms with van der Waals surface area (Å²) >= 11 is 0. The van der Waals surface area contributed by atoms with Gasteiger partial charge in [-0.1, -0.05) is 97.3 Å². The van der Waals surface area contributed by atoms with Crippen LogP contribution in [0.2, 0.25) is 0 Å².